The molecule has 0 aromatic heterocycles. The van der Waals surface area contributed by atoms with Crippen LogP contribution >= 0.6 is 0 Å². The average Bonchev–Trinajstić information content (AvgIpc) is 2.81. The molecule has 37 heavy (non-hydrogen) atoms. The molecule has 0 radical (unpaired) electrons. The van der Waals surface area contributed by atoms with Crippen LogP contribution in [0.2, 0.25) is 0 Å². The third-order valence-electron chi connectivity index (χ3n) is 4.66. The molecular weight excluding hydrogens is 522 g/mol. The van der Waals surface area contributed by atoms with Crippen LogP contribution in [0.15, 0.2) is 60.9 Å². The minimum Gasteiger partial charge on any atom is -0.457 e. The maximum atomic E-state index is 14.5. The highest BCUT2D eigenvalue weighted by atomic mass is 19.3. The Bertz CT molecular complexity index is 1180. The van der Waals surface area contributed by atoms with E-state index in [9.17, 15) is 43.9 Å². The molecule has 0 N–H and O–H groups in total. The second-order valence-corrected chi connectivity index (χ2v) is 7.25. The lowest BCUT2D eigenvalue weighted by Gasteiger charge is -2.20. The summed E-state index contributed by atoms with van der Waals surface area (Å²) in [5, 5.41) is 0. The minimum absolute atomic E-state index is 0.0208. The number of hydrogen-bond donors (Lipinski definition) is 0. The molecule has 3 aromatic carbocycles. The normalized spacial score (nSPS) is 10.9. The number of aryl methyl sites for hydroxylation is 1. The molecule has 0 aliphatic heterocycles. The Kier molecular flexibility index (Phi) is 10.4. The SMILES string of the molecule is CCCc1ccc(-c2cc(F)c(C(F)(F)Oc3cc(F)c(OCF)c(F)c3)c(F)c2)cc1.FC=C(F)F. The summed E-state index contributed by atoms with van der Waals surface area (Å²) in [4.78, 5) is 0. The molecule has 0 unspecified atom stereocenters. The second-order valence-electron chi connectivity index (χ2n) is 7.25. The largest absolute Gasteiger partial charge is 0.457 e. The third kappa shape index (κ3) is 7.89. The molecule has 0 saturated carbocycles. The van der Waals surface area contributed by atoms with Gasteiger partial charge in [0.2, 0.25) is 6.86 Å². The van der Waals surface area contributed by atoms with E-state index >= 15 is 0 Å². The lowest BCUT2D eigenvalue weighted by molar-refractivity contribution is -0.189. The molecule has 0 spiro atoms. The molecule has 12 heteroatoms. The van der Waals surface area contributed by atoms with E-state index in [0.29, 0.717) is 17.7 Å². The van der Waals surface area contributed by atoms with Gasteiger partial charge in [0.15, 0.2) is 23.7 Å². The van der Waals surface area contributed by atoms with Crippen molar-refractivity contribution in [2.75, 3.05) is 6.86 Å². The highest BCUT2D eigenvalue weighted by Gasteiger charge is 2.41. The Balaban J connectivity index is 0.000000877. The zero-order valence-electron chi connectivity index (χ0n) is 18.9. The van der Waals surface area contributed by atoms with E-state index in [4.69, 9.17) is 0 Å². The van der Waals surface area contributed by atoms with Gasteiger partial charge in [-0.15, -0.1) is 0 Å². The first kappa shape index (κ1) is 29.5. The van der Waals surface area contributed by atoms with E-state index < -0.39 is 65.7 Å². The van der Waals surface area contributed by atoms with E-state index in [0.717, 1.165) is 18.4 Å². The molecule has 0 heterocycles. The summed E-state index contributed by atoms with van der Waals surface area (Å²) in [5.41, 5.74) is -0.289. The average molecular weight is 540 g/mol. The Morgan fingerprint density at radius 3 is 1.78 bits per heavy atom. The molecule has 3 rings (SSSR count). The van der Waals surface area contributed by atoms with Gasteiger partial charge in [-0.1, -0.05) is 37.6 Å². The fourth-order valence-corrected chi connectivity index (χ4v) is 3.16. The predicted molar refractivity (Wildman–Crippen MR) is 115 cm³/mol. The third-order valence-corrected chi connectivity index (χ3v) is 4.66. The van der Waals surface area contributed by atoms with Gasteiger partial charge in [0.05, 0.1) is 0 Å². The molecule has 0 fully saturated rings. The molecule has 0 amide bonds. The van der Waals surface area contributed by atoms with Gasteiger partial charge in [-0.2, -0.15) is 17.6 Å². The van der Waals surface area contributed by atoms with Crippen molar-refractivity contribution in [1.29, 1.82) is 0 Å². The van der Waals surface area contributed by atoms with Gasteiger partial charge < -0.3 is 9.47 Å². The van der Waals surface area contributed by atoms with Crippen LogP contribution in [0, 0.1) is 23.3 Å². The molecule has 0 saturated heterocycles. The first-order chi connectivity index (χ1) is 17.4. The lowest BCUT2D eigenvalue weighted by atomic mass is 10.00. The van der Waals surface area contributed by atoms with Crippen LogP contribution in [0.4, 0.5) is 43.9 Å². The van der Waals surface area contributed by atoms with Crippen LogP contribution in [0.1, 0.15) is 24.5 Å². The number of alkyl halides is 3. The summed E-state index contributed by atoms with van der Waals surface area (Å²) in [6.07, 6.45) is -5.93. The maximum Gasteiger partial charge on any atom is 0.432 e. The van der Waals surface area contributed by atoms with Gasteiger partial charge >= 0.3 is 6.11 Å². The fourth-order valence-electron chi connectivity index (χ4n) is 3.16. The topological polar surface area (TPSA) is 18.5 Å². The van der Waals surface area contributed by atoms with Gasteiger partial charge in [0.25, 0.3) is 6.08 Å². The van der Waals surface area contributed by atoms with Crippen molar-refractivity contribution in [3.63, 3.8) is 0 Å². The van der Waals surface area contributed by atoms with E-state index in [1.807, 2.05) is 6.92 Å². The number of rotatable bonds is 8. The summed E-state index contributed by atoms with van der Waals surface area (Å²) >= 11 is 0. The quantitative estimate of drug-likeness (QED) is 0.266. The molecule has 200 valence electrons. The minimum atomic E-state index is -4.61. The standard InChI is InChI=1S/C23H17F7O2.C2HF3/c1-2-3-13-4-6-14(7-5-13)15-8-17(25)21(18(26)9-15)23(29,30)32-16-10-19(27)22(31-12-24)20(28)11-16;3-1-2(4)5/h4-11H,2-3,12H2,1H3;1H. The predicted octanol–water partition coefficient (Wildman–Crippen LogP) is 8.99. The number of ether oxygens (including phenoxy) is 2. The summed E-state index contributed by atoms with van der Waals surface area (Å²) in [7, 11) is 0. The van der Waals surface area contributed by atoms with E-state index in [2.05, 4.69) is 9.47 Å². The summed E-state index contributed by atoms with van der Waals surface area (Å²) in [6.45, 7) is 0.433. The Morgan fingerprint density at radius 1 is 0.838 bits per heavy atom. The summed E-state index contributed by atoms with van der Waals surface area (Å²) in [6, 6.07) is 8.74. The summed E-state index contributed by atoms with van der Waals surface area (Å²) in [5.74, 6) is -8.50. The molecular formula is C25H18F10O2. The van der Waals surface area contributed by atoms with Crippen LogP contribution in [-0.4, -0.2) is 6.86 Å². The van der Waals surface area contributed by atoms with Gasteiger partial charge in [-0.25, -0.2) is 26.3 Å². The van der Waals surface area contributed by atoms with E-state index in [1.165, 1.54) is 0 Å². The fraction of sp³-hybridized carbons (Fsp3) is 0.200. The molecule has 3 aromatic rings. The van der Waals surface area contributed by atoms with Crippen LogP contribution in [0.3, 0.4) is 0 Å². The Hall–Kier alpha value is -3.70. The zero-order chi connectivity index (χ0) is 27.8. The molecule has 0 aliphatic carbocycles. The molecule has 0 atom stereocenters. The van der Waals surface area contributed by atoms with Crippen molar-refractivity contribution in [1.82, 2.24) is 0 Å². The molecule has 2 nitrogen and oxygen atoms in total. The van der Waals surface area contributed by atoms with Crippen molar-refractivity contribution in [2.45, 2.75) is 25.9 Å². The summed E-state index contributed by atoms with van der Waals surface area (Å²) < 4.78 is 137. The van der Waals surface area contributed by atoms with Gasteiger partial charge in [-0.3, -0.25) is 0 Å². The van der Waals surface area contributed by atoms with Gasteiger partial charge in [0.1, 0.15) is 22.9 Å². The van der Waals surface area contributed by atoms with Crippen molar-refractivity contribution < 1.29 is 53.4 Å². The van der Waals surface area contributed by atoms with E-state index in [1.54, 1.807) is 24.3 Å². The maximum absolute atomic E-state index is 14.5. The van der Waals surface area contributed by atoms with Gasteiger partial charge in [0, 0.05) is 12.1 Å². The van der Waals surface area contributed by atoms with Crippen LogP contribution < -0.4 is 9.47 Å². The monoisotopic (exact) mass is 540 g/mol. The number of halogens is 10. The van der Waals surface area contributed by atoms with Crippen LogP contribution in [0.5, 0.6) is 11.5 Å². The number of benzene rings is 3. The zero-order valence-corrected chi connectivity index (χ0v) is 18.9. The van der Waals surface area contributed by atoms with Crippen molar-refractivity contribution in [3.05, 3.63) is 95.3 Å². The van der Waals surface area contributed by atoms with Crippen molar-refractivity contribution in [3.8, 4) is 22.6 Å². The molecule has 0 bridgehead atoms. The number of hydrogen-bond acceptors (Lipinski definition) is 2. The smallest absolute Gasteiger partial charge is 0.432 e. The first-order valence-electron chi connectivity index (χ1n) is 10.4. The highest BCUT2D eigenvalue weighted by molar-refractivity contribution is 5.64. The van der Waals surface area contributed by atoms with Gasteiger partial charge in [-0.05, 0) is 35.2 Å². The molecule has 0 aliphatic rings. The van der Waals surface area contributed by atoms with Crippen molar-refractivity contribution in [2.24, 2.45) is 0 Å². The lowest BCUT2D eigenvalue weighted by Crippen LogP contribution is -2.25. The second kappa shape index (κ2) is 13.0. The van der Waals surface area contributed by atoms with Crippen LogP contribution in [-0.2, 0) is 12.5 Å². The van der Waals surface area contributed by atoms with E-state index in [-0.39, 0.29) is 17.7 Å². The Labute approximate surface area is 204 Å². The van der Waals surface area contributed by atoms with Crippen molar-refractivity contribution >= 4 is 0 Å². The first-order valence-corrected chi connectivity index (χ1v) is 10.4. The Morgan fingerprint density at radius 2 is 1.35 bits per heavy atom. The van der Waals surface area contributed by atoms with Crippen LogP contribution in [0.25, 0.3) is 11.1 Å². The highest BCUT2D eigenvalue weighted by Crippen LogP contribution is 2.38.